The van der Waals surface area contributed by atoms with Crippen molar-refractivity contribution in [2.24, 2.45) is 0 Å². The van der Waals surface area contributed by atoms with E-state index in [0.29, 0.717) is 6.42 Å². The zero-order chi connectivity index (χ0) is 23.8. The van der Waals surface area contributed by atoms with E-state index in [1.165, 1.54) is 22.5 Å². The first kappa shape index (κ1) is 28.9. The lowest BCUT2D eigenvalue weighted by Crippen LogP contribution is -2.17. The fraction of sp³-hybridized carbons (Fsp3) is 0.250. The first-order valence-corrected chi connectivity index (χ1v) is 13.3. The second-order valence-corrected chi connectivity index (χ2v) is 9.72. The third-order valence-electron chi connectivity index (χ3n) is 5.13. The lowest BCUT2D eigenvalue weighted by molar-refractivity contribution is 0.0986. The van der Waals surface area contributed by atoms with E-state index in [-0.39, 0.29) is 24.3 Å². The number of rotatable bonds is 12. The highest BCUT2D eigenvalue weighted by molar-refractivity contribution is 7.12. The number of carbonyl (C=O) groups excluding carboxylic acids is 1. The Labute approximate surface area is 222 Å². The van der Waals surface area contributed by atoms with Crippen LogP contribution < -0.4 is 10.6 Å². The summed E-state index contributed by atoms with van der Waals surface area (Å²) in [6, 6.07) is 28.2. The van der Waals surface area contributed by atoms with Crippen LogP contribution in [0.3, 0.4) is 0 Å². The van der Waals surface area contributed by atoms with Gasteiger partial charge in [0.05, 0.1) is 11.0 Å². The van der Waals surface area contributed by atoms with Gasteiger partial charge in [-0.05, 0) is 47.0 Å². The van der Waals surface area contributed by atoms with E-state index in [2.05, 4.69) is 34.9 Å². The van der Waals surface area contributed by atoms with Crippen LogP contribution in [0.25, 0.3) is 0 Å². The number of hydrogen-bond acceptors (Lipinski definition) is 6. The van der Waals surface area contributed by atoms with Crippen molar-refractivity contribution in [1.82, 2.24) is 10.6 Å². The van der Waals surface area contributed by atoms with Crippen molar-refractivity contribution in [3.8, 4) is 0 Å². The van der Waals surface area contributed by atoms with Crippen LogP contribution in [0.2, 0.25) is 0 Å². The average Bonchev–Trinajstić information content (AvgIpc) is 3.61. The third-order valence-corrected chi connectivity index (χ3v) is 7.02. The van der Waals surface area contributed by atoms with E-state index >= 15 is 0 Å². The molecule has 4 nitrogen and oxygen atoms in total. The predicted molar refractivity (Wildman–Crippen MR) is 151 cm³/mol. The highest BCUT2D eigenvalue weighted by atomic mass is 35.5. The van der Waals surface area contributed by atoms with Crippen molar-refractivity contribution in [1.29, 1.82) is 0 Å². The van der Waals surface area contributed by atoms with E-state index < -0.39 is 0 Å². The summed E-state index contributed by atoms with van der Waals surface area (Å²) in [7, 11) is 0. The topological polar surface area (TPSA) is 61.4 Å². The predicted octanol–water partition coefficient (Wildman–Crippen LogP) is 6.49. The van der Waals surface area contributed by atoms with Crippen molar-refractivity contribution >= 4 is 40.9 Å². The molecule has 3 N–H and O–H groups in total. The van der Waals surface area contributed by atoms with Gasteiger partial charge in [0.2, 0.25) is 0 Å². The Bertz CT molecular complexity index is 1040. The Morgan fingerprint density at radius 1 is 0.743 bits per heavy atom. The van der Waals surface area contributed by atoms with Crippen molar-refractivity contribution in [3.63, 3.8) is 0 Å². The summed E-state index contributed by atoms with van der Waals surface area (Å²) in [5, 5.41) is 20.4. The molecule has 0 aliphatic carbocycles. The highest BCUT2D eigenvalue weighted by Crippen LogP contribution is 2.20. The van der Waals surface area contributed by atoms with Crippen LogP contribution in [-0.2, 0) is 13.1 Å². The second kappa shape index (κ2) is 17.2. The van der Waals surface area contributed by atoms with Crippen molar-refractivity contribution in [3.05, 3.63) is 117 Å². The van der Waals surface area contributed by atoms with Crippen LogP contribution in [0.15, 0.2) is 95.7 Å². The lowest BCUT2D eigenvalue weighted by atomic mass is 10.2. The fourth-order valence-corrected chi connectivity index (χ4v) is 4.72. The van der Waals surface area contributed by atoms with E-state index in [1.807, 2.05) is 71.4 Å². The molecular weight excluding hydrogens is 496 g/mol. The minimum Gasteiger partial charge on any atom is -0.388 e. The summed E-state index contributed by atoms with van der Waals surface area (Å²) < 4.78 is 0. The molecule has 7 heteroatoms. The van der Waals surface area contributed by atoms with Gasteiger partial charge < -0.3 is 15.7 Å². The molecule has 186 valence electrons. The molecule has 35 heavy (non-hydrogen) atoms. The summed E-state index contributed by atoms with van der Waals surface area (Å²) in [6.07, 6.45) is 0.985. The monoisotopic (exact) mass is 528 g/mol. The maximum Gasteiger partial charge on any atom is 0.174 e. The molecule has 2 aromatic carbocycles. The number of ketones is 1. The minimum atomic E-state index is -0.335. The molecule has 0 fully saturated rings. The highest BCUT2D eigenvalue weighted by Gasteiger charge is 2.07. The van der Waals surface area contributed by atoms with Crippen LogP contribution in [0.1, 0.15) is 44.6 Å². The minimum absolute atomic E-state index is 0. The molecule has 0 unspecified atom stereocenters. The van der Waals surface area contributed by atoms with E-state index in [1.54, 1.807) is 11.3 Å². The van der Waals surface area contributed by atoms with Gasteiger partial charge in [0.25, 0.3) is 0 Å². The van der Waals surface area contributed by atoms with Gasteiger partial charge in [0.15, 0.2) is 5.78 Å². The van der Waals surface area contributed by atoms with Crippen LogP contribution >= 0.6 is 35.1 Å². The third kappa shape index (κ3) is 11.3. The maximum atomic E-state index is 11.7. The standard InChI is InChI=1S/C14H17NOS.C14H15NOS.ClH/c2*16-13(14-7-4-10-17-14)8-9-15-11-12-5-2-1-3-6-12;/h1-7,10,13,15-16H,8-9,11H2;1-7,10,15H,8-9,11H2;1H/t13-;;/m0../s1. The molecule has 0 bridgehead atoms. The second-order valence-electron chi connectivity index (χ2n) is 7.80. The fourth-order valence-electron chi connectivity index (χ4n) is 3.28. The van der Waals surface area contributed by atoms with Gasteiger partial charge in [-0.15, -0.1) is 35.1 Å². The summed E-state index contributed by atoms with van der Waals surface area (Å²) in [5.74, 6) is 0.223. The van der Waals surface area contributed by atoms with Crippen LogP contribution in [0.4, 0.5) is 0 Å². The van der Waals surface area contributed by atoms with Crippen molar-refractivity contribution in [2.75, 3.05) is 13.1 Å². The molecule has 4 rings (SSSR count). The van der Waals surface area contributed by atoms with E-state index in [9.17, 15) is 9.90 Å². The number of hydrogen-bond donors (Lipinski definition) is 3. The largest absolute Gasteiger partial charge is 0.388 e. The van der Waals surface area contributed by atoms with Gasteiger partial charge in [-0.2, -0.15) is 0 Å². The Balaban J connectivity index is 0.000000240. The number of benzene rings is 2. The Hall–Kier alpha value is -2.32. The number of nitrogens with one attached hydrogen (secondary N) is 2. The number of Topliss-reactive ketones (excluding diaryl/α,β-unsaturated/α-hetero) is 1. The number of aliphatic hydroxyl groups excluding tert-OH is 1. The quantitative estimate of drug-likeness (QED) is 0.145. The van der Waals surface area contributed by atoms with Crippen LogP contribution in [0.5, 0.6) is 0 Å². The molecule has 2 heterocycles. The Kier molecular flexibility index (Phi) is 14.2. The number of thiophene rings is 2. The number of aliphatic hydroxyl groups is 1. The van der Waals surface area contributed by atoms with Crippen molar-refractivity contribution in [2.45, 2.75) is 32.0 Å². The molecular formula is C28H33ClN2O2S2. The lowest BCUT2D eigenvalue weighted by Gasteiger charge is -2.09. The average molecular weight is 529 g/mol. The molecule has 2 aromatic heterocycles. The van der Waals surface area contributed by atoms with Gasteiger partial charge in [0.1, 0.15) is 0 Å². The Morgan fingerprint density at radius 2 is 1.31 bits per heavy atom. The zero-order valence-electron chi connectivity index (χ0n) is 19.6. The summed E-state index contributed by atoms with van der Waals surface area (Å²) in [6.45, 7) is 3.23. The van der Waals surface area contributed by atoms with E-state index in [0.717, 1.165) is 42.4 Å². The molecule has 0 amide bonds. The number of halogens is 1. The summed E-state index contributed by atoms with van der Waals surface area (Å²) in [5.41, 5.74) is 2.52. The summed E-state index contributed by atoms with van der Waals surface area (Å²) >= 11 is 3.12. The molecule has 4 aromatic rings. The summed E-state index contributed by atoms with van der Waals surface area (Å²) in [4.78, 5) is 13.6. The van der Waals surface area contributed by atoms with Gasteiger partial charge >= 0.3 is 0 Å². The zero-order valence-corrected chi connectivity index (χ0v) is 22.1. The SMILES string of the molecule is Cl.O=C(CCNCc1ccccc1)c1cccs1.O[C@@H](CCNCc1ccccc1)c1cccs1. The molecule has 0 spiro atoms. The van der Waals surface area contributed by atoms with E-state index in [4.69, 9.17) is 0 Å². The molecule has 0 aliphatic rings. The first-order chi connectivity index (χ1) is 16.7. The van der Waals surface area contributed by atoms with Gasteiger partial charge in [-0.3, -0.25) is 4.79 Å². The van der Waals surface area contributed by atoms with Crippen molar-refractivity contribution < 1.29 is 9.90 Å². The number of carbonyl (C=O) groups is 1. The molecule has 0 radical (unpaired) electrons. The first-order valence-electron chi connectivity index (χ1n) is 11.5. The molecule has 0 aliphatic heterocycles. The van der Waals surface area contributed by atoms with Gasteiger partial charge in [-0.1, -0.05) is 72.8 Å². The van der Waals surface area contributed by atoms with Gasteiger partial charge in [0, 0.05) is 30.9 Å². The molecule has 0 saturated heterocycles. The Morgan fingerprint density at radius 3 is 1.86 bits per heavy atom. The molecule has 0 saturated carbocycles. The molecule has 1 atom stereocenters. The van der Waals surface area contributed by atoms with Crippen LogP contribution in [0, 0.1) is 0 Å². The van der Waals surface area contributed by atoms with Crippen LogP contribution in [-0.4, -0.2) is 24.0 Å². The van der Waals surface area contributed by atoms with Gasteiger partial charge in [-0.25, -0.2) is 0 Å². The smallest absolute Gasteiger partial charge is 0.174 e. The maximum absolute atomic E-state index is 11.7. The normalized spacial score (nSPS) is 11.1.